The minimum Gasteiger partial charge on any atom is -0.493 e. The summed E-state index contributed by atoms with van der Waals surface area (Å²) in [5.41, 5.74) is 2.68. The van der Waals surface area contributed by atoms with Crippen LogP contribution in [0, 0.1) is 0 Å². The molecule has 0 radical (unpaired) electrons. The molecule has 0 saturated heterocycles. The van der Waals surface area contributed by atoms with Crippen LogP contribution in [0.5, 0.6) is 5.75 Å². The Morgan fingerprint density at radius 1 is 0.958 bits per heavy atom. The molecule has 0 spiro atoms. The molecule has 24 heavy (non-hydrogen) atoms. The summed E-state index contributed by atoms with van der Waals surface area (Å²) in [7, 11) is 0. The van der Waals surface area contributed by atoms with Gasteiger partial charge in [-0.3, -0.25) is 0 Å². The summed E-state index contributed by atoms with van der Waals surface area (Å²) in [5, 5.41) is 3.28. The van der Waals surface area contributed by atoms with Gasteiger partial charge in [-0.15, -0.1) is 0 Å². The Labute approximate surface area is 157 Å². The van der Waals surface area contributed by atoms with E-state index >= 15 is 0 Å². The number of nitrogens with zero attached hydrogens (tertiary/aromatic N) is 2. The number of anilines is 2. The van der Waals surface area contributed by atoms with Crippen molar-refractivity contribution in [3.63, 3.8) is 0 Å². The average molecular weight is 449 g/mol. The third kappa shape index (κ3) is 4.13. The second kappa shape index (κ2) is 7.77. The Kier molecular flexibility index (Phi) is 5.48. The molecule has 0 amide bonds. The third-order valence-electron chi connectivity index (χ3n) is 3.30. The number of hydrogen-bond donors (Lipinski definition) is 1. The first-order valence-electron chi connectivity index (χ1n) is 7.43. The molecule has 0 aliphatic carbocycles. The smallest absolute Gasteiger partial charge is 0.134 e. The lowest BCUT2D eigenvalue weighted by Gasteiger charge is -2.11. The van der Waals surface area contributed by atoms with Crippen LogP contribution in [0.15, 0.2) is 63.8 Å². The molecule has 1 N–H and O–H groups in total. The van der Waals surface area contributed by atoms with Gasteiger partial charge in [-0.2, -0.15) is 0 Å². The van der Waals surface area contributed by atoms with E-state index in [0.717, 1.165) is 37.5 Å². The summed E-state index contributed by atoms with van der Waals surface area (Å²) >= 11 is 6.94. The fraction of sp³-hybridized carbons (Fsp3) is 0.111. The van der Waals surface area contributed by atoms with Crippen LogP contribution in [0.2, 0.25) is 0 Å². The number of rotatable bonds is 5. The Morgan fingerprint density at radius 2 is 1.71 bits per heavy atom. The Morgan fingerprint density at radius 3 is 2.46 bits per heavy atom. The lowest BCUT2D eigenvalue weighted by Crippen LogP contribution is -1.98. The molecular formula is C18H15Br2N3O. The zero-order valence-electron chi connectivity index (χ0n) is 13.0. The van der Waals surface area contributed by atoms with Crippen molar-refractivity contribution >= 4 is 43.4 Å². The molecule has 6 heteroatoms. The van der Waals surface area contributed by atoms with Crippen LogP contribution < -0.4 is 10.1 Å². The maximum absolute atomic E-state index is 5.71. The molecule has 4 nitrogen and oxygen atoms in total. The lowest BCUT2D eigenvalue weighted by molar-refractivity contribution is 0.341. The van der Waals surface area contributed by atoms with Crippen LogP contribution in [0.1, 0.15) is 6.92 Å². The van der Waals surface area contributed by atoms with E-state index in [1.165, 1.54) is 0 Å². The van der Waals surface area contributed by atoms with Crippen molar-refractivity contribution in [3.8, 4) is 17.0 Å². The molecule has 0 fully saturated rings. The number of halogens is 2. The van der Waals surface area contributed by atoms with E-state index in [9.17, 15) is 0 Å². The molecule has 2 aromatic carbocycles. The van der Waals surface area contributed by atoms with Gasteiger partial charge < -0.3 is 10.1 Å². The van der Waals surface area contributed by atoms with E-state index in [2.05, 4.69) is 47.1 Å². The predicted molar refractivity (Wildman–Crippen MR) is 104 cm³/mol. The van der Waals surface area contributed by atoms with Gasteiger partial charge in [-0.25, -0.2) is 9.97 Å². The highest BCUT2D eigenvalue weighted by atomic mass is 79.9. The van der Waals surface area contributed by atoms with Gasteiger partial charge in [0.25, 0.3) is 0 Å². The van der Waals surface area contributed by atoms with Crippen molar-refractivity contribution in [3.05, 3.63) is 63.8 Å². The molecule has 1 aromatic heterocycles. The van der Waals surface area contributed by atoms with Gasteiger partial charge in [0.2, 0.25) is 0 Å². The summed E-state index contributed by atoms with van der Waals surface area (Å²) in [6, 6.07) is 15.7. The summed E-state index contributed by atoms with van der Waals surface area (Å²) in [5.74, 6) is 1.53. The molecule has 0 saturated carbocycles. The topological polar surface area (TPSA) is 47.0 Å². The number of benzene rings is 2. The fourth-order valence-electron chi connectivity index (χ4n) is 2.24. The van der Waals surface area contributed by atoms with Gasteiger partial charge >= 0.3 is 0 Å². The van der Waals surface area contributed by atoms with E-state index < -0.39 is 0 Å². The zero-order valence-corrected chi connectivity index (χ0v) is 16.1. The number of aromatic nitrogens is 2. The van der Waals surface area contributed by atoms with Crippen LogP contribution in [-0.4, -0.2) is 16.6 Å². The van der Waals surface area contributed by atoms with E-state index in [1.54, 1.807) is 6.33 Å². The Bertz CT molecular complexity index is 838. The van der Waals surface area contributed by atoms with Crippen molar-refractivity contribution in [1.29, 1.82) is 0 Å². The maximum Gasteiger partial charge on any atom is 0.134 e. The van der Waals surface area contributed by atoms with E-state index in [0.29, 0.717) is 6.61 Å². The highest BCUT2D eigenvalue weighted by molar-refractivity contribution is 9.10. The molecular weight excluding hydrogens is 434 g/mol. The second-order valence-corrected chi connectivity index (χ2v) is 6.83. The summed E-state index contributed by atoms with van der Waals surface area (Å²) in [6.07, 6.45) is 1.55. The van der Waals surface area contributed by atoms with Crippen molar-refractivity contribution in [2.24, 2.45) is 0 Å². The normalized spacial score (nSPS) is 10.5. The first-order chi connectivity index (χ1) is 11.7. The molecule has 3 rings (SSSR count). The highest BCUT2D eigenvalue weighted by Crippen LogP contribution is 2.32. The lowest BCUT2D eigenvalue weighted by atomic mass is 10.1. The second-order valence-electron chi connectivity index (χ2n) is 4.99. The third-order valence-corrected chi connectivity index (χ3v) is 4.32. The van der Waals surface area contributed by atoms with Gasteiger partial charge in [0.05, 0.1) is 12.3 Å². The zero-order chi connectivity index (χ0) is 16.9. The minimum absolute atomic E-state index is 0.601. The largest absolute Gasteiger partial charge is 0.493 e. The average Bonchev–Trinajstić information content (AvgIpc) is 2.59. The molecule has 0 aliphatic rings. The van der Waals surface area contributed by atoms with Gasteiger partial charge in [0.15, 0.2) is 0 Å². The van der Waals surface area contributed by atoms with Crippen LogP contribution in [-0.2, 0) is 0 Å². The molecule has 1 heterocycles. The summed E-state index contributed by atoms with van der Waals surface area (Å²) in [6.45, 7) is 2.57. The number of nitrogens with one attached hydrogen (secondary N) is 1. The summed E-state index contributed by atoms with van der Waals surface area (Å²) < 4.78 is 7.72. The van der Waals surface area contributed by atoms with Gasteiger partial charge in [0.1, 0.15) is 17.9 Å². The number of ether oxygens (including phenoxy) is 1. The van der Waals surface area contributed by atoms with Crippen LogP contribution >= 0.6 is 31.9 Å². The highest BCUT2D eigenvalue weighted by Gasteiger charge is 2.10. The van der Waals surface area contributed by atoms with Crippen molar-refractivity contribution in [1.82, 2.24) is 9.97 Å². The molecule has 0 unspecified atom stereocenters. The Hall–Kier alpha value is -1.92. The van der Waals surface area contributed by atoms with E-state index in [1.807, 2.05) is 55.5 Å². The summed E-state index contributed by atoms with van der Waals surface area (Å²) in [4.78, 5) is 8.68. The molecule has 0 atom stereocenters. The molecule has 0 bridgehead atoms. The van der Waals surface area contributed by atoms with Crippen LogP contribution in [0.3, 0.4) is 0 Å². The first kappa shape index (κ1) is 16.9. The SMILES string of the molecule is CCOc1ccc(Br)cc1-c1cc(Nc2ccc(Br)cc2)ncn1. The van der Waals surface area contributed by atoms with Crippen molar-refractivity contribution in [2.75, 3.05) is 11.9 Å². The minimum atomic E-state index is 0.601. The van der Waals surface area contributed by atoms with Crippen LogP contribution in [0.25, 0.3) is 11.3 Å². The quantitative estimate of drug-likeness (QED) is 0.534. The fourth-order valence-corrected chi connectivity index (χ4v) is 2.86. The van der Waals surface area contributed by atoms with Crippen molar-refractivity contribution in [2.45, 2.75) is 6.92 Å². The van der Waals surface area contributed by atoms with Crippen LogP contribution in [0.4, 0.5) is 11.5 Å². The van der Waals surface area contributed by atoms with E-state index in [4.69, 9.17) is 4.74 Å². The number of hydrogen-bond acceptors (Lipinski definition) is 4. The van der Waals surface area contributed by atoms with E-state index in [-0.39, 0.29) is 0 Å². The van der Waals surface area contributed by atoms with Gasteiger partial charge in [-0.1, -0.05) is 31.9 Å². The first-order valence-corrected chi connectivity index (χ1v) is 9.01. The predicted octanol–water partition coefficient (Wildman–Crippen LogP) is 5.81. The van der Waals surface area contributed by atoms with Gasteiger partial charge in [0, 0.05) is 26.3 Å². The molecule has 0 aliphatic heterocycles. The van der Waals surface area contributed by atoms with Crippen molar-refractivity contribution < 1.29 is 4.74 Å². The standard InChI is InChI=1S/C18H15Br2N3O/c1-2-24-17-8-5-13(20)9-15(17)16-10-18(22-11-21-16)23-14-6-3-12(19)4-7-14/h3-11H,2H2,1H3,(H,21,22,23). The monoisotopic (exact) mass is 447 g/mol. The van der Waals surface area contributed by atoms with Gasteiger partial charge in [-0.05, 0) is 49.4 Å². The maximum atomic E-state index is 5.71. The molecule has 122 valence electrons. The Balaban J connectivity index is 1.93. The molecule has 3 aromatic rings.